The Morgan fingerprint density at radius 2 is 2.24 bits per heavy atom. The molecule has 1 saturated carbocycles. The number of imidazole rings is 1. The van der Waals surface area contributed by atoms with Gasteiger partial charge in [-0.2, -0.15) is 0 Å². The van der Waals surface area contributed by atoms with Crippen molar-refractivity contribution in [1.82, 2.24) is 19.4 Å². The third-order valence-corrected chi connectivity index (χ3v) is 4.88. The average molecular weight is 292 g/mol. The zero-order chi connectivity index (χ0) is 14.9. The molecular formula is C15H24N4O2. The molecular weight excluding hydrogens is 268 g/mol. The predicted molar refractivity (Wildman–Crippen MR) is 78.6 cm³/mol. The largest absolute Gasteiger partial charge is 0.396 e. The van der Waals surface area contributed by atoms with Crippen molar-refractivity contribution < 1.29 is 9.90 Å². The molecule has 2 fully saturated rings. The molecule has 1 saturated heterocycles. The highest BCUT2D eigenvalue weighted by Crippen LogP contribution is 2.48. The van der Waals surface area contributed by atoms with Crippen LogP contribution < -0.4 is 0 Å². The predicted octanol–water partition coefficient (Wildman–Crippen LogP) is 0.188. The Kier molecular flexibility index (Phi) is 3.99. The molecule has 1 N–H and O–H groups in total. The SMILES string of the molecule is CN1CCN(C(=O)C2(Cn3ccnc3)CC2)C[C@@H]1CCO. The van der Waals surface area contributed by atoms with E-state index in [2.05, 4.69) is 16.9 Å². The van der Waals surface area contributed by atoms with Crippen LogP contribution in [0.5, 0.6) is 0 Å². The Hall–Kier alpha value is -1.40. The number of hydrogen-bond acceptors (Lipinski definition) is 4. The lowest BCUT2D eigenvalue weighted by atomic mass is 10.0. The maximum Gasteiger partial charge on any atom is 0.230 e. The molecule has 1 aromatic heterocycles. The Labute approximate surface area is 125 Å². The molecule has 1 atom stereocenters. The highest BCUT2D eigenvalue weighted by Gasteiger charge is 2.52. The number of carbonyl (C=O) groups excluding carboxylic acids is 1. The summed E-state index contributed by atoms with van der Waals surface area (Å²) in [5.74, 6) is 0.284. The van der Waals surface area contributed by atoms with Crippen LogP contribution in [0.1, 0.15) is 19.3 Å². The van der Waals surface area contributed by atoms with Crippen LogP contribution in [0.2, 0.25) is 0 Å². The Morgan fingerprint density at radius 1 is 1.43 bits per heavy atom. The summed E-state index contributed by atoms with van der Waals surface area (Å²) in [5, 5.41) is 9.16. The van der Waals surface area contributed by atoms with E-state index >= 15 is 0 Å². The number of nitrogens with zero attached hydrogens (tertiary/aromatic N) is 4. The molecule has 21 heavy (non-hydrogen) atoms. The molecule has 0 aromatic carbocycles. The lowest BCUT2D eigenvalue weighted by Crippen LogP contribution is -2.55. The van der Waals surface area contributed by atoms with Gasteiger partial charge in [0.1, 0.15) is 0 Å². The number of aliphatic hydroxyl groups is 1. The van der Waals surface area contributed by atoms with Gasteiger partial charge in [0, 0.05) is 51.2 Å². The van der Waals surface area contributed by atoms with E-state index in [0.717, 1.165) is 45.4 Å². The second-order valence-corrected chi connectivity index (χ2v) is 6.41. The average Bonchev–Trinajstić information content (AvgIpc) is 3.07. The fourth-order valence-electron chi connectivity index (χ4n) is 3.25. The van der Waals surface area contributed by atoms with E-state index in [1.165, 1.54) is 0 Å². The number of rotatable bonds is 5. The highest BCUT2D eigenvalue weighted by atomic mass is 16.3. The van der Waals surface area contributed by atoms with E-state index in [1.807, 2.05) is 15.7 Å². The van der Waals surface area contributed by atoms with Crippen molar-refractivity contribution in [2.24, 2.45) is 5.41 Å². The zero-order valence-electron chi connectivity index (χ0n) is 12.6. The number of hydrogen-bond donors (Lipinski definition) is 1. The van der Waals surface area contributed by atoms with Crippen LogP contribution in [0.4, 0.5) is 0 Å². The minimum Gasteiger partial charge on any atom is -0.396 e. The van der Waals surface area contributed by atoms with E-state index in [1.54, 1.807) is 12.5 Å². The van der Waals surface area contributed by atoms with Crippen LogP contribution >= 0.6 is 0 Å². The van der Waals surface area contributed by atoms with Crippen LogP contribution in [0, 0.1) is 5.41 Å². The molecule has 1 amide bonds. The van der Waals surface area contributed by atoms with Gasteiger partial charge in [-0.3, -0.25) is 9.69 Å². The number of aromatic nitrogens is 2. The van der Waals surface area contributed by atoms with Crippen molar-refractivity contribution >= 4 is 5.91 Å². The molecule has 6 nitrogen and oxygen atoms in total. The number of likely N-dealkylation sites (N-methyl/N-ethyl adjacent to an activating group) is 1. The molecule has 1 aliphatic heterocycles. The van der Waals surface area contributed by atoms with Gasteiger partial charge in [0.15, 0.2) is 0 Å². The lowest BCUT2D eigenvalue weighted by Gasteiger charge is -2.40. The van der Waals surface area contributed by atoms with Crippen LogP contribution in [-0.4, -0.2) is 69.7 Å². The second kappa shape index (κ2) is 5.77. The summed E-state index contributed by atoms with van der Waals surface area (Å²) < 4.78 is 2.01. The van der Waals surface area contributed by atoms with Gasteiger partial charge in [-0.1, -0.05) is 0 Å². The summed E-state index contributed by atoms with van der Waals surface area (Å²) in [6, 6.07) is 0.275. The molecule has 3 rings (SSSR count). The molecule has 1 aliphatic carbocycles. The third kappa shape index (κ3) is 2.96. The maximum atomic E-state index is 12.9. The normalized spacial score (nSPS) is 25.0. The fourth-order valence-corrected chi connectivity index (χ4v) is 3.25. The van der Waals surface area contributed by atoms with Gasteiger partial charge in [-0.25, -0.2) is 4.98 Å². The first kappa shape index (κ1) is 14.5. The first-order valence-electron chi connectivity index (χ1n) is 7.71. The van der Waals surface area contributed by atoms with E-state index in [4.69, 9.17) is 5.11 Å². The van der Waals surface area contributed by atoms with Crippen LogP contribution in [0.25, 0.3) is 0 Å². The number of carbonyl (C=O) groups is 1. The van der Waals surface area contributed by atoms with Gasteiger partial charge in [0.25, 0.3) is 0 Å². The summed E-state index contributed by atoms with van der Waals surface area (Å²) in [4.78, 5) is 21.2. The molecule has 2 heterocycles. The van der Waals surface area contributed by atoms with Gasteiger partial charge in [-0.15, -0.1) is 0 Å². The molecule has 2 aliphatic rings. The fraction of sp³-hybridized carbons (Fsp3) is 0.733. The van der Waals surface area contributed by atoms with Gasteiger partial charge in [0.05, 0.1) is 11.7 Å². The van der Waals surface area contributed by atoms with Crippen LogP contribution in [0.15, 0.2) is 18.7 Å². The lowest BCUT2D eigenvalue weighted by molar-refractivity contribution is -0.140. The van der Waals surface area contributed by atoms with E-state index in [9.17, 15) is 4.79 Å². The smallest absolute Gasteiger partial charge is 0.230 e. The van der Waals surface area contributed by atoms with E-state index < -0.39 is 0 Å². The molecule has 116 valence electrons. The summed E-state index contributed by atoms with van der Waals surface area (Å²) in [5.41, 5.74) is -0.208. The topological polar surface area (TPSA) is 61.6 Å². The maximum absolute atomic E-state index is 12.9. The molecule has 0 unspecified atom stereocenters. The molecule has 0 bridgehead atoms. The van der Waals surface area contributed by atoms with E-state index in [0.29, 0.717) is 0 Å². The molecule has 0 radical (unpaired) electrons. The number of aliphatic hydroxyl groups excluding tert-OH is 1. The molecule has 0 spiro atoms. The summed E-state index contributed by atoms with van der Waals surface area (Å²) in [6.45, 7) is 3.34. The zero-order valence-corrected chi connectivity index (χ0v) is 12.6. The standard InChI is InChI=1S/C15H24N4O2/c1-17-7-8-19(10-13(17)2-9-20)14(21)15(3-4-15)11-18-6-5-16-12-18/h5-6,12-13,20H,2-4,7-11H2,1H3/t13-/m0/s1. The Bertz CT molecular complexity index is 484. The number of amides is 1. The Balaban J connectivity index is 1.64. The van der Waals surface area contributed by atoms with Crippen LogP contribution in [-0.2, 0) is 11.3 Å². The van der Waals surface area contributed by atoms with Crippen LogP contribution in [0.3, 0.4) is 0 Å². The first-order valence-corrected chi connectivity index (χ1v) is 7.71. The quantitative estimate of drug-likeness (QED) is 0.841. The highest BCUT2D eigenvalue weighted by molar-refractivity contribution is 5.85. The van der Waals surface area contributed by atoms with Gasteiger partial charge in [0.2, 0.25) is 5.91 Å². The van der Waals surface area contributed by atoms with Crippen molar-refractivity contribution in [2.75, 3.05) is 33.3 Å². The number of piperazine rings is 1. The van der Waals surface area contributed by atoms with Gasteiger partial charge < -0.3 is 14.6 Å². The monoisotopic (exact) mass is 292 g/mol. The van der Waals surface area contributed by atoms with Gasteiger partial charge in [-0.05, 0) is 26.3 Å². The minimum absolute atomic E-state index is 0.178. The molecule has 6 heteroatoms. The summed E-state index contributed by atoms with van der Waals surface area (Å²) in [7, 11) is 2.07. The van der Waals surface area contributed by atoms with E-state index in [-0.39, 0.29) is 24.0 Å². The van der Waals surface area contributed by atoms with Crippen molar-refractivity contribution in [3.05, 3.63) is 18.7 Å². The first-order chi connectivity index (χ1) is 10.1. The summed E-state index contributed by atoms with van der Waals surface area (Å²) in [6.07, 6.45) is 8.14. The van der Waals surface area contributed by atoms with Crippen molar-refractivity contribution in [3.63, 3.8) is 0 Å². The van der Waals surface area contributed by atoms with Crippen molar-refractivity contribution in [1.29, 1.82) is 0 Å². The van der Waals surface area contributed by atoms with Crippen molar-refractivity contribution in [3.8, 4) is 0 Å². The molecule has 1 aromatic rings. The van der Waals surface area contributed by atoms with Crippen molar-refractivity contribution in [2.45, 2.75) is 31.8 Å². The second-order valence-electron chi connectivity index (χ2n) is 6.41. The Morgan fingerprint density at radius 3 is 2.86 bits per heavy atom. The van der Waals surface area contributed by atoms with Gasteiger partial charge >= 0.3 is 0 Å². The minimum atomic E-state index is -0.208. The third-order valence-electron chi connectivity index (χ3n) is 4.88. The summed E-state index contributed by atoms with van der Waals surface area (Å²) >= 11 is 0.